The van der Waals surface area contributed by atoms with E-state index in [1.54, 1.807) is 49.5 Å². The van der Waals surface area contributed by atoms with Crippen molar-refractivity contribution in [2.45, 2.75) is 31.8 Å². The highest BCUT2D eigenvalue weighted by atomic mass is 35.5. The fourth-order valence-corrected chi connectivity index (χ4v) is 3.17. The van der Waals surface area contributed by atoms with Crippen molar-refractivity contribution < 1.29 is 18.7 Å². The summed E-state index contributed by atoms with van der Waals surface area (Å²) in [6.45, 7) is 0.168. The van der Waals surface area contributed by atoms with E-state index in [1.807, 2.05) is 0 Å². The molecule has 3 rings (SSSR count). The number of nitrogens with zero attached hydrogens (tertiary/aromatic N) is 1. The molecule has 6 heteroatoms. The van der Waals surface area contributed by atoms with Crippen LogP contribution in [0.15, 0.2) is 36.4 Å². The van der Waals surface area contributed by atoms with Crippen LogP contribution in [0.1, 0.15) is 24.0 Å². The summed E-state index contributed by atoms with van der Waals surface area (Å²) in [4.78, 5) is 14.7. The first-order valence-corrected chi connectivity index (χ1v) is 8.84. The summed E-state index contributed by atoms with van der Waals surface area (Å²) in [5.41, 5.74) is 1.09. The SMILES string of the molecule is COc1ccc(OC)c(CC(=O)N(Cc2c(F)cccc2Cl)C2CC2)c1. The maximum absolute atomic E-state index is 14.1. The number of halogens is 2. The predicted octanol–water partition coefficient (Wildman–Crippen LogP) is 4.23. The third-order valence-electron chi connectivity index (χ3n) is 4.53. The van der Waals surface area contributed by atoms with Crippen LogP contribution in [0.4, 0.5) is 4.39 Å². The van der Waals surface area contributed by atoms with Crippen LogP contribution >= 0.6 is 11.6 Å². The summed E-state index contributed by atoms with van der Waals surface area (Å²) in [6, 6.07) is 10.0. The monoisotopic (exact) mass is 377 g/mol. The summed E-state index contributed by atoms with van der Waals surface area (Å²) >= 11 is 6.14. The fraction of sp³-hybridized carbons (Fsp3) is 0.350. The lowest BCUT2D eigenvalue weighted by atomic mass is 10.1. The number of amides is 1. The second kappa shape index (κ2) is 7.96. The van der Waals surface area contributed by atoms with Crippen LogP contribution in [-0.2, 0) is 17.8 Å². The number of hydrogen-bond acceptors (Lipinski definition) is 3. The number of hydrogen-bond donors (Lipinski definition) is 0. The number of methoxy groups -OCH3 is 2. The van der Waals surface area contributed by atoms with Crippen LogP contribution in [0, 0.1) is 5.82 Å². The number of carbonyl (C=O) groups is 1. The molecule has 0 spiro atoms. The van der Waals surface area contributed by atoms with Crippen LogP contribution in [0.2, 0.25) is 5.02 Å². The van der Waals surface area contributed by atoms with Gasteiger partial charge in [-0.25, -0.2) is 4.39 Å². The van der Waals surface area contributed by atoms with Gasteiger partial charge in [-0.15, -0.1) is 0 Å². The highest BCUT2D eigenvalue weighted by Gasteiger charge is 2.33. The van der Waals surface area contributed by atoms with Gasteiger partial charge in [-0.2, -0.15) is 0 Å². The Hall–Kier alpha value is -2.27. The Kier molecular flexibility index (Phi) is 5.67. The lowest BCUT2D eigenvalue weighted by molar-refractivity contribution is -0.131. The van der Waals surface area contributed by atoms with Crippen molar-refractivity contribution in [3.63, 3.8) is 0 Å². The molecule has 1 fully saturated rings. The van der Waals surface area contributed by atoms with Gasteiger partial charge < -0.3 is 14.4 Å². The van der Waals surface area contributed by atoms with Crippen LogP contribution in [-0.4, -0.2) is 31.1 Å². The second-order valence-electron chi connectivity index (χ2n) is 6.31. The molecule has 2 aromatic rings. The lowest BCUT2D eigenvalue weighted by Gasteiger charge is -2.24. The zero-order valence-corrected chi connectivity index (χ0v) is 15.6. The van der Waals surface area contributed by atoms with Gasteiger partial charge in [-0.05, 0) is 43.2 Å². The Bertz CT molecular complexity index is 787. The van der Waals surface area contributed by atoms with Crippen molar-refractivity contribution in [1.82, 2.24) is 4.90 Å². The van der Waals surface area contributed by atoms with Gasteiger partial charge >= 0.3 is 0 Å². The molecule has 1 saturated carbocycles. The van der Waals surface area contributed by atoms with Gasteiger partial charge in [0.2, 0.25) is 5.91 Å². The predicted molar refractivity (Wildman–Crippen MR) is 98.2 cm³/mol. The molecule has 0 radical (unpaired) electrons. The largest absolute Gasteiger partial charge is 0.497 e. The molecule has 1 aliphatic rings. The molecule has 0 heterocycles. The molecule has 0 aliphatic heterocycles. The third kappa shape index (κ3) is 4.10. The first kappa shape index (κ1) is 18.5. The van der Waals surface area contributed by atoms with Crippen molar-refractivity contribution in [3.05, 3.63) is 58.4 Å². The van der Waals surface area contributed by atoms with Crippen LogP contribution < -0.4 is 9.47 Å². The Morgan fingerprint density at radius 2 is 2.00 bits per heavy atom. The number of benzene rings is 2. The van der Waals surface area contributed by atoms with E-state index in [9.17, 15) is 9.18 Å². The molecule has 0 aromatic heterocycles. The highest BCUT2D eigenvalue weighted by Crippen LogP contribution is 2.32. The Labute approximate surface area is 157 Å². The van der Waals surface area contributed by atoms with Crippen LogP contribution in [0.5, 0.6) is 11.5 Å². The second-order valence-corrected chi connectivity index (χ2v) is 6.71. The number of ether oxygens (including phenoxy) is 2. The summed E-state index contributed by atoms with van der Waals surface area (Å²) in [6.07, 6.45) is 2.00. The van der Waals surface area contributed by atoms with E-state index in [0.717, 1.165) is 18.4 Å². The molecule has 1 amide bonds. The van der Waals surface area contributed by atoms with E-state index in [1.165, 1.54) is 6.07 Å². The number of carbonyl (C=O) groups excluding carboxylic acids is 1. The van der Waals surface area contributed by atoms with Crippen LogP contribution in [0.3, 0.4) is 0 Å². The van der Waals surface area contributed by atoms with Crippen molar-refractivity contribution >= 4 is 17.5 Å². The zero-order valence-electron chi connectivity index (χ0n) is 14.8. The van der Waals surface area contributed by atoms with E-state index < -0.39 is 5.82 Å². The van der Waals surface area contributed by atoms with Crippen molar-refractivity contribution in [2.75, 3.05) is 14.2 Å². The maximum Gasteiger partial charge on any atom is 0.227 e. The Morgan fingerprint density at radius 1 is 1.23 bits per heavy atom. The average molecular weight is 378 g/mol. The lowest BCUT2D eigenvalue weighted by Crippen LogP contribution is -2.34. The van der Waals surface area contributed by atoms with E-state index in [-0.39, 0.29) is 24.9 Å². The minimum absolute atomic E-state index is 0.0848. The Morgan fingerprint density at radius 3 is 2.62 bits per heavy atom. The van der Waals surface area contributed by atoms with Gasteiger partial charge in [0.1, 0.15) is 17.3 Å². The Balaban J connectivity index is 1.82. The minimum Gasteiger partial charge on any atom is -0.497 e. The highest BCUT2D eigenvalue weighted by molar-refractivity contribution is 6.31. The normalized spacial score (nSPS) is 13.4. The molecule has 26 heavy (non-hydrogen) atoms. The smallest absolute Gasteiger partial charge is 0.227 e. The quantitative estimate of drug-likeness (QED) is 0.724. The first-order chi connectivity index (χ1) is 12.5. The topological polar surface area (TPSA) is 38.8 Å². The first-order valence-electron chi connectivity index (χ1n) is 8.46. The van der Waals surface area contributed by atoms with E-state index in [2.05, 4.69) is 0 Å². The molecule has 0 atom stereocenters. The molecular formula is C20H21ClFNO3. The van der Waals surface area contributed by atoms with E-state index >= 15 is 0 Å². The summed E-state index contributed by atoms with van der Waals surface area (Å²) in [5.74, 6) is 0.802. The molecule has 0 unspecified atom stereocenters. The fourth-order valence-electron chi connectivity index (χ4n) is 2.95. The molecule has 4 nitrogen and oxygen atoms in total. The summed E-state index contributed by atoms with van der Waals surface area (Å²) in [5, 5.41) is 0.336. The van der Waals surface area contributed by atoms with Crippen molar-refractivity contribution in [3.8, 4) is 11.5 Å². The van der Waals surface area contributed by atoms with Gasteiger partial charge in [-0.1, -0.05) is 17.7 Å². The molecule has 2 aromatic carbocycles. The maximum atomic E-state index is 14.1. The van der Waals surface area contributed by atoms with Gasteiger partial charge in [0.25, 0.3) is 0 Å². The zero-order chi connectivity index (χ0) is 18.7. The van der Waals surface area contributed by atoms with E-state index in [0.29, 0.717) is 22.1 Å². The molecule has 0 N–H and O–H groups in total. The molecular weight excluding hydrogens is 357 g/mol. The molecule has 0 bridgehead atoms. The van der Waals surface area contributed by atoms with E-state index in [4.69, 9.17) is 21.1 Å². The van der Waals surface area contributed by atoms with Crippen LogP contribution in [0.25, 0.3) is 0 Å². The third-order valence-corrected chi connectivity index (χ3v) is 4.88. The minimum atomic E-state index is -0.394. The average Bonchev–Trinajstić information content (AvgIpc) is 3.46. The van der Waals surface area contributed by atoms with Crippen molar-refractivity contribution in [1.29, 1.82) is 0 Å². The van der Waals surface area contributed by atoms with Gasteiger partial charge in [0, 0.05) is 22.2 Å². The molecule has 138 valence electrons. The summed E-state index contributed by atoms with van der Waals surface area (Å²) in [7, 11) is 3.14. The van der Waals surface area contributed by atoms with Gasteiger partial charge in [0.05, 0.1) is 27.2 Å². The number of rotatable bonds is 7. The standard InChI is InChI=1S/C20H21ClFNO3/c1-25-15-8-9-19(26-2)13(10-15)11-20(24)23(14-6-7-14)12-16-17(21)4-3-5-18(16)22/h3-5,8-10,14H,6-7,11-12H2,1-2H3. The molecule has 1 aliphatic carbocycles. The van der Waals surface area contributed by atoms with Crippen molar-refractivity contribution in [2.24, 2.45) is 0 Å². The van der Waals surface area contributed by atoms with Gasteiger partial charge in [0.15, 0.2) is 0 Å². The summed E-state index contributed by atoms with van der Waals surface area (Å²) < 4.78 is 24.7. The molecule has 0 saturated heterocycles. The van der Waals surface area contributed by atoms with Gasteiger partial charge in [-0.3, -0.25) is 4.79 Å².